The van der Waals surface area contributed by atoms with E-state index in [0.29, 0.717) is 18.9 Å². The molecule has 0 bridgehead atoms. The van der Waals surface area contributed by atoms with Crippen molar-refractivity contribution >= 4 is 15.9 Å². The molecule has 0 heterocycles. The van der Waals surface area contributed by atoms with Gasteiger partial charge in [0.2, 0.25) is 0 Å². The SMILES string of the molecule is CC(C)c1cc(Br)cc(C(O)CCN)c1. The van der Waals surface area contributed by atoms with Gasteiger partial charge in [-0.3, -0.25) is 0 Å². The normalized spacial score (nSPS) is 13.2. The average Bonchev–Trinajstić information content (AvgIpc) is 2.17. The lowest BCUT2D eigenvalue weighted by Crippen LogP contribution is -2.07. The topological polar surface area (TPSA) is 46.2 Å². The van der Waals surface area contributed by atoms with Gasteiger partial charge in [0, 0.05) is 4.47 Å². The maximum atomic E-state index is 9.85. The Bertz CT molecular complexity index is 325. The van der Waals surface area contributed by atoms with Crippen LogP contribution in [0.5, 0.6) is 0 Å². The highest BCUT2D eigenvalue weighted by atomic mass is 79.9. The zero-order chi connectivity index (χ0) is 11.4. The van der Waals surface area contributed by atoms with Gasteiger partial charge >= 0.3 is 0 Å². The minimum Gasteiger partial charge on any atom is -0.388 e. The fourth-order valence-corrected chi connectivity index (χ4v) is 2.01. The molecule has 84 valence electrons. The van der Waals surface area contributed by atoms with Gasteiger partial charge in [0.25, 0.3) is 0 Å². The van der Waals surface area contributed by atoms with Gasteiger partial charge in [0.05, 0.1) is 6.10 Å². The first-order valence-electron chi connectivity index (χ1n) is 5.23. The maximum absolute atomic E-state index is 9.85. The maximum Gasteiger partial charge on any atom is 0.0802 e. The largest absolute Gasteiger partial charge is 0.388 e. The standard InChI is InChI=1S/C12H18BrNO/c1-8(2)9-5-10(7-11(13)6-9)12(15)3-4-14/h5-8,12,15H,3-4,14H2,1-2H3. The first-order valence-corrected chi connectivity index (χ1v) is 6.02. The van der Waals surface area contributed by atoms with Crippen molar-refractivity contribution in [2.24, 2.45) is 5.73 Å². The van der Waals surface area contributed by atoms with Crippen LogP contribution in [0.15, 0.2) is 22.7 Å². The molecule has 0 spiro atoms. The van der Waals surface area contributed by atoms with Crippen LogP contribution < -0.4 is 5.73 Å². The summed E-state index contributed by atoms with van der Waals surface area (Å²) in [6, 6.07) is 6.09. The van der Waals surface area contributed by atoms with Gasteiger partial charge in [-0.15, -0.1) is 0 Å². The van der Waals surface area contributed by atoms with E-state index in [1.54, 1.807) is 0 Å². The van der Waals surface area contributed by atoms with Crippen molar-refractivity contribution in [1.29, 1.82) is 0 Å². The van der Waals surface area contributed by atoms with Crippen LogP contribution in [0.2, 0.25) is 0 Å². The molecular formula is C12H18BrNO. The second-order valence-electron chi connectivity index (χ2n) is 4.07. The van der Waals surface area contributed by atoms with Crippen LogP contribution in [0.25, 0.3) is 0 Å². The Morgan fingerprint density at radius 2 is 1.87 bits per heavy atom. The quantitative estimate of drug-likeness (QED) is 0.885. The molecule has 0 saturated carbocycles. The lowest BCUT2D eigenvalue weighted by Gasteiger charge is -2.14. The minimum absolute atomic E-state index is 0.454. The molecule has 0 aliphatic heterocycles. The van der Waals surface area contributed by atoms with Gasteiger partial charge in [-0.1, -0.05) is 35.8 Å². The molecule has 1 aromatic rings. The summed E-state index contributed by atoms with van der Waals surface area (Å²) in [4.78, 5) is 0. The predicted molar refractivity (Wildman–Crippen MR) is 66.9 cm³/mol. The molecule has 1 rings (SSSR count). The first-order chi connectivity index (χ1) is 7.04. The van der Waals surface area contributed by atoms with Crippen molar-refractivity contribution in [3.63, 3.8) is 0 Å². The van der Waals surface area contributed by atoms with E-state index >= 15 is 0 Å². The third-order valence-electron chi connectivity index (χ3n) is 2.43. The Morgan fingerprint density at radius 3 is 2.40 bits per heavy atom. The zero-order valence-electron chi connectivity index (χ0n) is 9.20. The molecule has 2 nitrogen and oxygen atoms in total. The predicted octanol–water partition coefficient (Wildman–Crippen LogP) is 2.95. The summed E-state index contributed by atoms with van der Waals surface area (Å²) in [7, 11) is 0. The van der Waals surface area contributed by atoms with E-state index in [1.165, 1.54) is 5.56 Å². The Kier molecular flexibility index (Phi) is 4.77. The van der Waals surface area contributed by atoms with Crippen LogP contribution in [0.4, 0.5) is 0 Å². The van der Waals surface area contributed by atoms with Crippen molar-refractivity contribution in [1.82, 2.24) is 0 Å². The molecule has 0 radical (unpaired) electrons. The number of benzene rings is 1. The van der Waals surface area contributed by atoms with Crippen molar-refractivity contribution in [3.05, 3.63) is 33.8 Å². The molecule has 3 heteroatoms. The highest BCUT2D eigenvalue weighted by Crippen LogP contribution is 2.26. The van der Waals surface area contributed by atoms with Gasteiger partial charge in [0.15, 0.2) is 0 Å². The van der Waals surface area contributed by atoms with Crippen LogP contribution in [0.1, 0.15) is 43.4 Å². The van der Waals surface area contributed by atoms with E-state index in [2.05, 4.69) is 41.9 Å². The Morgan fingerprint density at radius 1 is 1.27 bits per heavy atom. The van der Waals surface area contributed by atoms with Crippen LogP contribution in [0.3, 0.4) is 0 Å². The second kappa shape index (κ2) is 5.64. The number of aliphatic hydroxyl groups excluding tert-OH is 1. The van der Waals surface area contributed by atoms with E-state index in [9.17, 15) is 5.11 Å². The van der Waals surface area contributed by atoms with Crippen LogP contribution >= 0.6 is 15.9 Å². The number of rotatable bonds is 4. The fraction of sp³-hybridized carbons (Fsp3) is 0.500. The fourth-order valence-electron chi connectivity index (χ4n) is 1.49. The monoisotopic (exact) mass is 271 g/mol. The zero-order valence-corrected chi connectivity index (χ0v) is 10.8. The lowest BCUT2D eigenvalue weighted by atomic mass is 9.98. The summed E-state index contributed by atoms with van der Waals surface area (Å²) in [6.45, 7) is 4.78. The van der Waals surface area contributed by atoms with Crippen molar-refractivity contribution in [2.75, 3.05) is 6.54 Å². The molecule has 0 aliphatic carbocycles. The molecule has 0 amide bonds. The van der Waals surface area contributed by atoms with E-state index in [1.807, 2.05) is 6.07 Å². The van der Waals surface area contributed by atoms with Gasteiger partial charge in [-0.25, -0.2) is 0 Å². The Labute approximate surface area is 99.6 Å². The van der Waals surface area contributed by atoms with E-state index in [0.717, 1.165) is 10.0 Å². The van der Waals surface area contributed by atoms with Crippen molar-refractivity contribution < 1.29 is 5.11 Å². The van der Waals surface area contributed by atoms with Gasteiger partial charge in [-0.05, 0) is 42.1 Å². The van der Waals surface area contributed by atoms with E-state index in [-0.39, 0.29) is 0 Å². The molecule has 1 aromatic carbocycles. The number of aliphatic hydroxyl groups is 1. The Hall–Kier alpha value is -0.380. The van der Waals surface area contributed by atoms with Gasteiger partial charge in [0.1, 0.15) is 0 Å². The molecule has 0 fully saturated rings. The van der Waals surface area contributed by atoms with Crippen LogP contribution in [-0.2, 0) is 0 Å². The smallest absolute Gasteiger partial charge is 0.0802 e. The van der Waals surface area contributed by atoms with Crippen LogP contribution in [0, 0.1) is 0 Å². The Balaban J connectivity index is 2.98. The van der Waals surface area contributed by atoms with Crippen molar-refractivity contribution in [3.8, 4) is 0 Å². The molecule has 15 heavy (non-hydrogen) atoms. The highest BCUT2D eigenvalue weighted by Gasteiger charge is 2.09. The third kappa shape index (κ3) is 3.59. The number of nitrogens with two attached hydrogens (primary N) is 1. The van der Waals surface area contributed by atoms with Gasteiger partial charge in [-0.2, -0.15) is 0 Å². The minimum atomic E-state index is -0.454. The molecule has 0 aromatic heterocycles. The summed E-state index contributed by atoms with van der Waals surface area (Å²) in [5, 5.41) is 9.85. The summed E-state index contributed by atoms with van der Waals surface area (Å²) in [5.74, 6) is 0.464. The molecule has 0 aliphatic rings. The van der Waals surface area contributed by atoms with Crippen LogP contribution in [-0.4, -0.2) is 11.7 Å². The lowest BCUT2D eigenvalue weighted by molar-refractivity contribution is 0.170. The van der Waals surface area contributed by atoms with Crippen molar-refractivity contribution in [2.45, 2.75) is 32.3 Å². The summed E-state index contributed by atoms with van der Waals surface area (Å²) < 4.78 is 1.01. The number of hydrogen-bond donors (Lipinski definition) is 2. The average molecular weight is 272 g/mol. The summed E-state index contributed by atoms with van der Waals surface area (Å²) in [6.07, 6.45) is 0.151. The molecule has 1 atom stereocenters. The number of halogens is 1. The molecular weight excluding hydrogens is 254 g/mol. The molecule has 0 saturated heterocycles. The second-order valence-corrected chi connectivity index (χ2v) is 4.98. The number of hydrogen-bond acceptors (Lipinski definition) is 2. The third-order valence-corrected chi connectivity index (χ3v) is 2.89. The van der Waals surface area contributed by atoms with E-state index in [4.69, 9.17) is 5.73 Å². The first kappa shape index (κ1) is 12.7. The highest BCUT2D eigenvalue weighted by molar-refractivity contribution is 9.10. The van der Waals surface area contributed by atoms with Gasteiger partial charge < -0.3 is 10.8 Å². The van der Waals surface area contributed by atoms with E-state index < -0.39 is 6.10 Å². The molecule has 3 N–H and O–H groups in total. The summed E-state index contributed by atoms with van der Waals surface area (Å²) in [5.41, 5.74) is 7.61. The summed E-state index contributed by atoms with van der Waals surface area (Å²) >= 11 is 3.46. The molecule has 1 unspecified atom stereocenters.